The third-order valence-electron chi connectivity index (χ3n) is 3.70. The second kappa shape index (κ2) is 5.66. The van der Waals surface area contributed by atoms with Gasteiger partial charge in [-0.2, -0.15) is 8.78 Å². The second-order valence-electron chi connectivity index (χ2n) is 5.58. The lowest BCUT2D eigenvalue weighted by atomic mass is 10.2. The summed E-state index contributed by atoms with van der Waals surface area (Å²) >= 11 is 0. The summed E-state index contributed by atoms with van der Waals surface area (Å²) in [6.07, 6.45) is 2.38. The lowest BCUT2D eigenvalue weighted by molar-refractivity contribution is 0.116. The monoisotopic (exact) mass is 334 g/mol. The number of hydrogen-bond acceptors (Lipinski definition) is 6. The third kappa shape index (κ3) is 2.84. The van der Waals surface area contributed by atoms with E-state index < -0.39 is 12.3 Å². The molecule has 0 saturated heterocycles. The van der Waals surface area contributed by atoms with Gasteiger partial charge in [-0.1, -0.05) is 0 Å². The molecule has 124 valence electrons. The molecule has 3 heterocycles. The largest absolute Gasteiger partial charge is 0.448 e. The normalized spacial score (nSPS) is 14.5. The molecular formula is C15H12F2N4O3. The smallest absolute Gasteiger partial charge is 0.314 e. The highest BCUT2D eigenvalue weighted by molar-refractivity contribution is 5.50. The van der Waals surface area contributed by atoms with Crippen molar-refractivity contribution >= 4 is 0 Å². The lowest BCUT2D eigenvalue weighted by Crippen LogP contribution is -2.19. The predicted octanol–water partition coefficient (Wildman–Crippen LogP) is 2.75. The van der Waals surface area contributed by atoms with E-state index in [-0.39, 0.29) is 23.6 Å². The Balaban J connectivity index is 1.55. The number of rotatable bonds is 5. The van der Waals surface area contributed by atoms with Crippen molar-refractivity contribution < 1.29 is 17.6 Å². The number of pyridine rings is 1. The molecule has 1 fully saturated rings. The van der Waals surface area contributed by atoms with Gasteiger partial charge in [-0.05, 0) is 18.9 Å². The Labute approximate surface area is 134 Å². The van der Waals surface area contributed by atoms with Crippen molar-refractivity contribution in [3.8, 4) is 11.5 Å². The molecule has 9 heteroatoms. The highest BCUT2D eigenvalue weighted by atomic mass is 19.3. The number of halogens is 2. The molecule has 7 nitrogen and oxygen atoms in total. The van der Waals surface area contributed by atoms with Gasteiger partial charge in [-0.25, -0.2) is 4.98 Å². The number of aromatic nitrogens is 4. The van der Waals surface area contributed by atoms with Gasteiger partial charge < -0.3 is 13.4 Å². The molecule has 0 spiro atoms. The van der Waals surface area contributed by atoms with E-state index in [9.17, 15) is 13.6 Å². The van der Waals surface area contributed by atoms with Gasteiger partial charge in [0, 0.05) is 23.7 Å². The second-order valence-corrected chi connectivity index (χ2v) is 5.58. The van der Waals surface area contributed by atoms with Crippen LogP contribution in [0.4, 0.5) is 8.78 Å². The van der Waals surface area contributed by atoms with Crippen LogP contribution in [0.5, 0.6) is 0 Å². The summed E-state index contributed by atoms with van der Waals surface area (Å²) in [7, 11) is 0. The summed E-state index contributed by atoms with van der Waals surface area (Å²) in [6, 6.07) is 2.80. The SMILES string of the molecule is O=c1cc(-c2nnc(C(F)F)o2)ccn1Cc1coc(C2CC2)n1. The van der Waals surface area contributed by atoms with Crippen LogP contribution in [0.3, 0.4) is 0 Å². The Morgan fingerprint density at radius 1 is 1.33 bits per heavy atom. The van der Waals surface area contributed by atoms with Crippen molar-refractivity contribution in [2.45, 2.75) is 31.7 Å². The minimum Gasteiger partial charge on any atom is -0.448 e. The number of hydrogen-bond donors (Lipinski definition) is 0. The Hall–Kier alpha value is -2.84. The summed E-state index contributed by atoms with van der Waals surface area (Å²) < 4.78 is 36.6. The van der Waals surface area contributed by atoms with E-state index in [2.05, 4.69) is 15.2 Å². The minimum atomic E-state index is -2.85. The van der Waals surface area contributed by atoms with E-state index in [1.54, 1.807) is 12.3 Å². The average Bonchev–Trinajstić information content (AvgIpc) is 3.10. The topological polar surface area (TPSA) is 87.0 Å². The highest BCUT2D eigenvalue weighted by Crippen LogP contribution is 2.39. The van der Waals surface area contributed by atoms with Crippen molar-refractivity contribution in [3.63, 3.8) is 0 Å². The van der Waals surface area contributed by atoms with Gasteiger partial charge in [-0.3, -0.25) is 4.79 Å². The molecule has 0 amide bonds. The first-order valence-electron chi connectivity index (χ1n) is 7.37. The van der Waals surface area contributed by atoms with Crippen molar-refractivity contribution in [2.24, 2.45) is 0 Å². The Morgan fingerprint density at radius 2 is 2.17 bits per heavy atom. The minimum absolute atomic E-state index is 0.119. The Bertz CT molecular complexity index is 927. The number of nitrogens with zero attached hydrogens (tertiary/aromatic N) is 4. The third-order valence-corrected chi connectivity index (χ3v) is 3.70. The van der Waals surface area contributed by atoms with Crippen molar-refractivity contribution in [1.82, 2.24) is 19.7 Å². The van der Waals surface area contributed by atoms with E-state index in [1.165, 1.54) is 16.8 Å². The molecule has 1 saturated carbocycles. The fraction of sp³-hybridized carbons (Fsp3) is 0.333. The van der Waals surface area contributed by atoms with Crippen LogP contribution >= 0.6 is 0 Å². The van der Waals surface area contributed by atoms with Crippen LogP contribution in [0.2, 0.25) is 0 Å². The van der Waals surface area contributed by atoms with Gasteiger partial charge in [-0.15, -0.1) is 10.2 Å². The van der Waals surface area contributed by atoms with Crippen LogP contribution in [0, 0.1) is 0 Å². The molecule has 1 aliphatic carbocycles. The zero-order chi connectivity index (χ0) is 16.7. The van der Waals surface area contributed by atoms with E-state index >= 15 is 0 Å². The summed E-state index contributed by atoms with van der Waals surface area (Å²) in [5.41, 5.74) is 0.610. The first kappa shape index (κ1) is 14.7. The summed E-state index contributed by atoms with van der Waals surface area (Å²) in [6.45, 7) is 0.265. The molecule has 3 aromatic heterocycles. The van der Waals surface area contributed by atoms with Crippen molar-refractivity contribution in [3.05, 3.63) is 52.4 Å². The van der Waals surface area contributed by atoms with Crippen LogP contribution in [0.15, 0.2) is 38.2 Å². The van der Waals surface area contributed by atoms with Gasteiger partial charge in [0.05, 0.1) is 12.2 Å². The molecule has 3 aromatic rings. The molecule has 1 aliphatic rings. The number of oxazole rings is 1. The van der Waals surface area contributed by atoms with Crippen LogP contribution in [0.1, 0.15) is 42.7 Å². The molecule has 24 heavy (non-hydrogen) atoms. The van der Waals surface area contributed by atoms with Crippen molar-refractivity contribution in [2.75, 3.05) is 0 Å². The molecule has 0 aliphatic heterocycles. The van der Waals surface area contributed by atoms with Crippen LogP contribution in [-0.4, -0.2) is 19.7 Å². The van der Waals surface area contributed by atoms with E-state index in [1.807, 2.05) is 0 Å². The van der Waals surface area contributed by atoms with E-state index in [0.717, 1.165) is 12.8 Å². The zero-order valence-corrected chi connectivity index (χ0v) is 12.4. The Morgan fingerprint density at radius 3 is 2.83 bits per heavy atom. The zero-order valence-electron chi connectivity index (χ0n) is 12.4. The lowest BCUT2D eigenvalue weighted by Gasteiger charge is -2.03. The first-order valence-corrected chi connectivity index (χ1v) is 7.37. The standard InChI is InChI=1S/C15H12F2N4O3/c16-12(17)15-20-19-14(24-15)9-3-4-21(11(22)5-9)6-10-7-23-13(18-10)8-1-2-8/h3-5,7-8,12H,1-2,6H2. The van der Waals surface area contributed by atoms with Gasteiger partial charge in [0.1, 0.15) is 6.26 Å². The molecule has 0 N–H and O–H groups in total. The average molecular weight is 334 g/mol. The molecule has 0 unspecified atom stereocenters. The van der Waals surface area contributed by atoms with Gasteiger partial charge in [0.15, 0.2) is 5.89 Å². The van der Waals surface area contributed by atoms with Gasteiger partial charge in [0.25, 0.3) is 11.4 Å². The Kier molecular flexibility index (Phi) is 3.47. The number of alkyl halides is 2. The van der Waals surface area contributed by atoms with Crippen LogP contribution in [0.25, 0.3) is 11.5 Å². The summed E-state index contributed by atoms with van der Waals surface area (Å²) in [5, 5.41) is 6.76. The molecular weight excluding hydrogens is 322 g/mol. The van der Waals surface area contributed by atoms with E-state index in [0.29, 0.717) is 17.5 Å². The molecule has 0 atom stereocenters. The van der Waals surface area contributed by atoms with Gasteiger partial charge in [0.2, 0.25) is 5.89 Å². The van der Waals surface area contributed by atoms with Crippen molar-refractivity contribution in [1.29, 1.82) is 0 Å². The maximum absolute atomic E-state index is 12.5. The molecule has 4 rings (SSSR count). The maximum Gasteiger partial charge on any atom is 0.314 e. The molecule has 0 aromatic carbocycles. The first-order chi connectivity index (χ1) is 11.6. The molecule has 0 radical (unpaired) electrons. The predicted molar refractivity (Wildman–Crippen MR) is 76.5 cm³/mol. The quantitative estimate of drug-likeness (QED) is 0.713. The van der Waals surface area contributed by atoms with Gasteiger partial charge >= 0.3 is 6.43 Å². The fourth-order valence-corrected chi connectivity index (χ4v) is 2.30. The summed E-state index contributed by atoms with van der Waals surface area (Å²) in [4.78, 5) is 16.5. The van der Waals surface area contributed by atoms with E-state index in [4.69, 9.17) is 8.83 Å². The summed E-state index contributed by atoms with van der Waals surface area (Å²) in [5.74, 6) is 0.218. The molecule has 0 bridgehead atoms. The maximum atomic E-state index is 12.5. The van der Waals surface area contributed by atoms with Crippen LogP contribution in [-0.2, 0) is 6.54 Å². The van der Waals surface area contributed by atoms with Crippen LogP contribution < -0.4 is 5.56 Å². The highest BCUT2D eigenvalue weighted by Gasteiger charge is 2.28. The fourth-order valence-electron chi connectivity index (χ4n) is 2.30.